The molecule has 3 heteroatoms. The van der Waals surface area contributed by atoms with E-state index < -0.39 is 0 Å². The van der Waals surface area contributed by atoms with Crippen molar-refractivity contribution >= 4 is 15.9 Å². The summed E-state index contributed by atoms with van der Waals surface area (Å²) in [5, 5.41) is 0. The summed E-state index contributed by atoms with van der Waals surface area (Å²) in [4.78, 5) is 4.16. The Labute approximate surface area is 97.1 Å². The van der Waals surface area contributed by atoms with E-state index in [9.17, 15) is 0 Å². The van der Waals surface area contributed by atoms with E-state index in [1.54, 1.807) is 6.20 Å². The third-order valence-electron chi connectivity index (χ3n) is 2.02. The van der Waals surface area contributed by atoms with Crippen LogP contribution in [0.25, 0.3) is 0 Å². The maximum Gasteiger partial charge on any atom is 0.148 e. The average Bonchev–Trinajstić information content (AvgIpc) is 2.24. The molecule has 1 aromatic heterocycles. The quantitative estimate of drug-likeness (QED) is 0.819. The number of ether oxygens (including phenoxy) is 1. The molecule has 2 rings (SSSR count). The number of hydrogen-bond acceptors (Lipinski definition) is 2. The molecule has 0 bridgehead atoms. The monoisotopic (exact) mass is 263 g/mol. The maximum absolute atomic E-state index is 5.73. The predicted octanol–water partition coefficient (Wildman–Crippen LogP) is 3.94. The average molecular weight is 264 g/mol. The van der Waals surface area contributed by atoms with Crippen LogP contribution in [0.2, 0.25) is 0 Å². The zero-order valence-corrected chi connectivity index (χ0v) is 9.86. The fourth-order valence-electron chi connectivity index (χ4n) is 1.22. The molecule has 0 saturated carbocycles. The van der Waals surface area contributed by atoms with Gasteiger partial charge >= 0.3 is 0 Å². The van der Waals surface area contributed by atoms with E-state index in [2.05, 4.69) is 20.9 Å². The van der Waals surface area contributed by atoms with Crippen LogP contribution in [0.15, 0.2) is 47.1 Å². The first-order valence-electron chi connectivity index (χ1n) is 4.61. The van der Waals surface area contributed by atoms with Gasteiger partial charge in [0, 0.05) is 6.20 Å². The number of halogens is 1. The van der Waals surface area contributed by atoms with Gasteiger partial charge < -0.3 is 4.74 Å². The lowest BCUT2D eigenvalue weighted by molar-refractivity contribution is 0.473. The molecule has 15 heavy (non-hydrogen) atoms. The highest BCUT2D eigenvalue weighted by molar-refractivity contribution is 9.10. The topological polar surface area (TPSA) is 22.1 Å². The molecule has 0 N–H and O–H groups in total. The Bertz CT molecular complexity index is 427. The molecule has 76 valence electrons. The van der Waals surface area contributed by atoms with E-state index in [4.69, 9.17) is 4.74 Å². The predicted molar refractivity (Wildman–Crippen MR) is 63.2 cm³/mol. The van der Waals surface area contributed by atoms with Crippen molar-refractivity contribution in [3.63, 3.8) is 0 Å². The maximum atomic E-state index is 5.73. The fourth-order valence-corrected chi connectivity index (χ4v) is 1.59. The van der Waals surface area contributed by atoms with Crippen molar-refractivity contribution in [2.75, 3.05) is 0 Å². The third-order valence-corrected chi connectivity index (χ3v) is 2.67. The van der Waals surface area contributed by atoms with Crippen molar-refractivity contribution in [3.05, 3.63) is 52.8 Å². The smallest absolute Gasteiger partial charge is 0.148 e. The largest absolute Gasteiger partial charge is 0.454 e. The summed E-state index contributed by atoms with van der Waals surface area (Å²) in [6.07, 6.45) is 1.75. The van der Waals surface area contributed by atoms with Crippen molar-refractivity contribution in [3.8, 4) is 11.5 Å². The molecule has 0 atom stereocenters. The van der Waals surface area contributed by atoms with Crippen LogP contribution in [-0.2, 0) is 0 Å². The molecular formula is C12H10BrNO. The highest BCUT2D eigenvalue weighted by atomic mass is 79.9. The normalized spacial score (nSPS) is 10.0. The second kappa shape index (κ2) is 4.45. The summed E-state index contributed by atoms with van der Waals surface area (Å²) in [5.74, 6) is 1.58. The van der Waals surface area contributed by atoms with Crippen LogP contribution >= 0.6 is 15.9 Å². The molecule has 0 amide bonds. The lowest BCUT2D eigenvalue weighted by atomic mass is 10.3. The number of hydrogen-bond donors (Lipinski definition) is 0. The van der Waals surface area contributed by atoms with Gasteiger partial charge in [-0.3, -0.25) is 4.98 Å². The van der Waals surface area contributed by atoms with Crippen LogP contribution < -0.4 is 4.74 Å². The van der Waals surface area contributed by atoms with Crippen LogP contribution in [0.1, 0.15) is 5.69 Å². The lowest BCUT2D eigenvalue weighted by Crippen LogP contribution is -1.89. The highest BCUT2D eigenvalue weighted by Gasteiger charge is 2.03. The Balaban J connectivity index is 2.30. The molecule has 0 aliphatic heterocycles. The van der Waals surface area contributed by atoms with Crippen molar-refractivity contribution in [2.45, 2.75) is 6.92 Å². The first-order valence-corrected chi connectivity index (χ1v) is 5.40. The minimum Gasteiger partial charge on any atom is -0.454 e. The first-order chi connectivity index (χ1) is 7.27. The van der Waals surface area contributed by atoms with Gasteiger partial charge in [-0.1, -0.05) is 12.1 Å². The molecule has 0 fully saturated rings. The minimum absolute atomic E-state index is 0.782. The van der Waals surface area contributed by atoms with E-state index in [1.165, 1.54) is 0 Å². The number of rotatable bonds is 2. The summed E-state index contributed by atoms with van der Waals surface area (Å²) < 4.78 is 6.67. The molecule has 0 spiro atoms. The number of pyridine rings is 1. The molecule has 0 aliphatic carbocycles. The van der Waals surface area contributed by atoms with Crippen LogP contribution in [0.3, 0.4) is 0 Å². The zero-order valence-electron chi connectivity index (χ0n) is 8.27. The summed E-state index contributed by atoms with van der Waals surface area (Å²) in [6, 6.07) is 11.5. The fraction of sp³-hybridized carbons (Fsp3) is 0.0833. The molecule has 0 unspecified atom stereocenters. The number of aryl methyl sites for hydroxylation is 1. The zero-order chi connectivity index (χ0) is 10.7. The second-order valence-corrected chi connectivity index (χ2v) is 3.97. The van der Waals surface area contributed by atoms with Crippen molar-refractivity contribution in [1.29, 1.82) is 0 Å². The van der Waals surface area contributed by atoms with Crippen molar-refractivity contribution in [1.82, 2.24) is 4.98 Å². The highest BCUT2D eigenvalue weighted by Crippen LogP contribution is 2.29. The van der Waals surface area contributed by atoms with Crippen molar-refractivity contribution < 1.29 is 4.74 Å². The Morgan fingerprint density at radius 2 is 1.80 bits per heavy atom. The number of para-hydroxylation sites is 1. The van der Waals surface area contributed by atoms with Gasteiger partial charge in [0.1, 0.15) is 11.5 Å². The molecule has 1 aromatic carbocycles. The summed E-state index contributed by atoms with van der Waals surface area (Å²) >= 11 is 3.43. The molecule has 2 aromatic rings. The van der Waals surface area contributed by atoms with Crippen LogP contribution in [-0.4, -0.2) is 4.98 Å². The van der Waals surface area contributed by atoms with Gasteiger partial charge in [0.05, 0.1) is 10.2 Å². The van der Waals surface area contributed by atoms with Gasteiger partial charge in [0.2, 0.25) is 0 Å². The lowest BCUT2D eigenvalue weighted by Gasteiger charge is -2.08. The standard InChI is InChI=1S/C12H10BrNO/c1-9-11(7-4-8-14-9)15-12-6-3-2-5-10(12)13/h2-8H,1H3. The Morgan fingerprint density at radius 3 is 2.53 bits per heavy atom. The van der Waals surface area contributed by atoms with Gasteiger partial charge in [0.25, 0.3) is 0 Å². The van der Waals surface area contributed by atoms with Gasteiger partial charge in [-0.25, -0.2) is 0 Å². The van der Waals surface area contributed by atoms with Crippen LogP contribution in [0.5, 0.6) is 11.5 Å². The summed E-state index contributed by atoms with van der Waals surface area (Å²) in [5.41, 5.74) is 0.883. The van der Waals surface area contributed by atoms with E-state index in [-0.39, 0.29) is 0 Å². The third kappa shape index (κ3) is 2.36. The van der Waals surface area contributed by atoms with E-state index >= 15 is 0 Å². The summed E-state index contributed by atoms with van der Waals surface area (Å²) in [6.45, 7) is 1.92. The van der Waals surface area contributed by atoms with E-state index in [0.29, 0.717) is 0 Å². The molecule has 0 aliphatic rings. The Hall–Kier alpha value is -1.35. The van der Waals surface area contributed by atoms with Gasteiger partial charge in [0.15, 0.2) is 0 Å². The molecule has 2 nitrogen and oxygen atoms in total. The molecule has 0 radical (unpaired) electrons. The Kier molecular flexibility index (Phi) is 3.02. The van der Waals surface area contributed by atoms with Crippen molar-refractivity contribution in [2.24, 2.45) is 0 Å². The SMILES string of the molecule is Cc1ncccc1Oc1ccccc1Br. The van der Waals surface area contributed by atoms with Gasteiger partial charge in [-0.05, 0) is 47.1 Å². The van der Waals surface area contributed by atoms with Crippen LogP contribution in [0.4, 0.5) is 0 Å². The van der Waals surface area contributed by atoms with E-state index in [1.807, 2.05) is 43.3 Å². The van der Waals surface area contributed by atoms with E-state index in [0.717, 1.165) is 21.7 Å². The first kappa shape index (κ1) is 10.2. The minimum atomic E-state index is 0.782. The number of benzene rings is 1. The number of nitrogens with zero attached hydrogens (tertiary/aromatic N) is 1. The summed E-state index contributed by atoms with van der Waals surface area (Å²) in [7, 11) is 0. The molecule has 0 saturated heterocycles. The van der Waals surface area contributed by atoms with Crippen LogP contribution in [0, 0.1) is 6.92 Å². The molecule has 1 heterocycles. The van der Waals surface area contributed by atoms with Gasteiger partial charge in [-0.2, -0.15) is 0 Å². The molecular weight excluding hydrogens is 254 g/mol. The second-order valence-electron chi connectivity index (χ2n) is 3.12. The Morgan fingerprint density at radius 1 is 1.07 bits per heavy atom. The number of aromatic nitrogens is 1. The van der Waals surface area contributed by atoms with Gasteiger partial charge in [-0.15, -0.1) is 0 Å².